The van der Waals surface area contributed by atoms with Crippen LogP contribution in [0.4, 0.5) is 5.82 Å². The van der Waals surface area contributed by atoms with Crippen molar-refractivity contribution in [2.24, 2.45) is 0 Å². The molecule has 1 aromatic heterocycles. The molecule has 1 aliphatic rings. The lowest BCUT2D eigenvalue weighted by molar-refractivity contribution is 0.428. The maximum atomic E-state index is 11.6. The standard InChI is InChI=1S/C13H22N4O/c1-3-7-17(11-5-4-6-14-9-11)12-8-13(18)16-10(2)15-12/h8,11,14H,3-7,9H2,1-2H3,(H,15,16,18). The van der Waals surface area contributed by atoms with E-state index in [4.69, 9.17) is 0 Å². The fraction of sp³-hybridized carbons (Fsp3) is 0.692. The highest BCUT2D eigenvalue weighted by molar-refractivity contribution is 5.39. The Kier molecular flexibility index (Phi) is 4.36. The number of piperidine rings is 1. The Morgan fingerprint density at radius 2 is 2.39 bits per heavy atom. The molecule has 100 valence electrons. The van der Waals surface area contributed by atoms with Gasteiger partial charge in [0.2, 0.25) is 0 Å². The third-order valence-electron chi connectivity index (χ3n) is 3.32. The maximum Gasteiger partial charge on any atom is 0.252 e. The number of anilines is 1. The molecule has 0 aliphatic carbocycles. The van der Waals surface area contributed by atoms with Crippen LogP contribution in [0.15, 0.2) is 10.9 Å². The van der Waals surface area contributed by atoms with Crippen LogP contribution in [0.3, 0.4) is 0 Å². The highest BCUT2D eigenvalue weighted by Gasteiger charge is 2.21. The molecule has 0 saturated carbocycles. The van der Waals surface area contributed by atoms with Gasteiger partial charge in [0.1, 0.15) is 11.6 Å². The van der Waals surface area contributed by atoms with Crippen LogP contribution in [0.2, 0.25) is 0 Å². The van der Waals surface area contributed by atoms with E-state index in [1.165, 1.54) is 12.8 Å². The van der Waals surface area contributed by atoms with E-state index in [0.29, 0.717) is 11.9 Å². The summed E-state index contributed by atoms with van der Waals surface area (Å²) >= 11 is 0. The van der Waals surface area contributed by atoms with E-state index < -0.39 is 0 Å². The predicted octanol–water partition coefficient (Wildman–Crippen LogP) is 1.05. The van der Waals surface area contributed by atoms with Gasteiger partial charge >= 0.3 is 0 Å². The van der Waals surface area contributed by atoms with Gasteiger partial charge in [-0.15, -0.1) is 0 Å². The number of hydrogen-bond acceptors (Lipinski definition) is 4. The van der Waals surface area contributed by atoms with E-state index in [1.54, 1.807) is 6.07 Å². The first-order chi connectivity index (χ1) is 8.70. The average molecular weight is 250 g/mol. The van der Waals surface area contributed by atoms with Crippen molar-refractivity contribution in [1.82, 2.24) is 15.3 Å². The molecule has 18 heavy (non-hydrogen) atoms. The smallest absolute Gasteiger partial charge is 0.252 e. The molecule has 2 N–H and O–H groups in total. The number of H-pyrrole nitrogens is 1. The summed E-state index contributed by atoms with van der Waals surface area (Å²) in [5.74, 6) is 1.49. The second-order valence-corrected chi connectivity index (χ2v) is 4.88. The first-order valence-electron chi connectivity index (χ1n) is 6.76. The lowest BCUT2D eigenvalue weighted by Gasteiger charge is -2.35. The van der Waals surface area contributed by atoms with E-state index in [1.807, 2.05) is 6.92 Å². The summed E-state index contributed by atoms with van der Waals surface area (Å²) in [4.78, 5) is 21.0. The number of nitrogens with zero attached hydrogens (tertiary/aromatic N) is 2. The predicted molar refractivity (Wildman–Crippen MR) is 73.1 cm³/mol. The van der Waals surface area contributed by atoms with Crippen LogP contribution in [0.5, 0.6) is 0 Å². The monoisotopic (exact) mass is 250 g/mol. The Morgan fingerprint density at radius 3 is 3.00 bits per heavy atom. The van der Waals surface area contributed by atoms with Crippen LogP contribution in [-0.2, 0) is 0 Å². The Bertz CT molecular complexity index is 437. The molecule has 5 nitrogen and oxygen atoms in total. The van der Waals surface area contributed by atoms with Gasteiger partial charge in [-0.1, -0.05) is 6.92 Å². The lowest BCUT2D eigenvalue weighted by atomic mass is 10.1. The van der Waals surface area contributed by atoms with Crippen LogP contribution in [0.25, 0.3) is 0 Å². The number of hydrogen-bond donors (Lipinski definition) is 2. The number of aromatic nitrogens is 2. The highest BCUT2D eigenvalue weighted by Crippen LogP contribution is 2.17. The van der Waals surface area contributed by atoms with Crippen molar-refractivity contribution < 1.29 is 0 Å². The summed E-state index contributed by atoms with van der Waals surface area (Å²) in [5, 5.41) is 3.42. The third kappa shape index (κ3) is 3.10. The molecule has 1 aliphatic heterocycles. The molecule has 0 amide bonds. The molecule has 1 aromatic rings. The maximum absolute atomic E-state index is 11.6. The van der Waals surface area contributed by atoms with Gasteiger partial charge in [-0.05, 0) is 32.7 Å². The molecule has 1 saturated heterocycles. The van der Waals surface area contributed by atoms with Crippen molar-refractivity contribution in [2.75, 3.05) is 24.5 Å². The molecule has 1 atom stereocenters. The normalized spacial score (nSPS) is 19.8. The van der Waals surface area contributed by atoms with Gasteiger partial charge in [0.15, 0.2) is 0 Å². The molecule has 0 radical (unpaired) electrons. The van der Waals surface area contributed by atoms with Crippen molar-refractivity contribution in [3.63, 3.8) is 0 Å². The van der Waals surface area contributed by atoms with Crippen LogP contribution >= 0.6 is 0 Å². The molecule has 0 spiro atoms. The summed E-state index contributed by atoms with van der Waals surface area (Å²) in [6.07, 6.45) is 3.41. The number of rotatable bonds is 4. The van der Waals surface area contributed by atoms with Gasteiger partial charge in [-0.25, -0.2) is 4.98 Å². The molecular formula is C13H22N4O. The minimum Gasteiger partial charge on any atom is -0.352 e. The van der Waals surface area contributed by atoms with Gasteiger partial charge in [0, 0.05) is 25.2 Å². The van der Waals surface area contributed by atoms with Crippen LogP contribution in [0.1, 0.15) is 32.0 Å². The Labute approximate surface area is 108 Å². The average Bonchev–Trinajstić information content (AvgIpc) is 2.36. The third-order valence-corrected chi connectivity index (χ3v) is 3.32. The fourth-order valence-corrected chi connectivity index (χ4v) is 2.54. The summed E-state index contributed by atoms with van der Waals surface area (Å²) in [6, 6.07) is 2.06. The largest absolute Gasteiger partial charge is 0.352 e. The van der Waals surface area contributed by atoms with Crippen molar-refractivity contribution in [1.29, 1.82) is 0 Å². The van der Waals surface area contributed by atoms with Gasteiger partial charge in [-0.3, -0.25) is 4.79 Å². The zero-order valence-electron chi connectivity index (χ0n) is 11.2. The van der Waals surface area contributed by atoms with Crippen molar-refractivity contribution >= 4 is 5.82 Å². The van der Waals surface area contributed by atoms with E-state index in [2.05, 4.69) is 27.1 Å². The summed E-state index contributed by atoms with van der Waals surface area (Å²) in [5.41, 5.74) is -0.0672. The van der Waals surface area contributed by atoms with Gasteiger partial charge in [-0.2, -0.15) is 0 Å². The van der Waals surface area contributed by atoms with Crippen molar-refractivity contribution in [3.8, 4) is 0 Å². The molecule has 1 unspecified atom stereocenters. The second-order valence-electron chi connectivity index (χ2n) is 4.88. The lowest BCUT2D eigenvalue weighted by Crippen LogP contribution is -2.47. The van der Waals surface area contributed by atoms with Gasteiger partial charge in [0.05, 0.1) is 0 Å². The minimum atomic E-state index is -0.0672. The molecule has 1 fully saturated rings. The van der Waals surface area contributed by atoms with Crippen molar-refractivity contribution in [3.05, 3.63) is 22.2 Å². The summed E-state index contributed by atoms with van der Waals surface area (Å²) in [7, 11) is 0. The fourth-order valence-electron chi connectivity index (χ4n) is 2.54. The van der Waals surface area contributed by atoms with Gasteiger partial charge in [0.25, 0.3) is 5.56 Å². The summed E-state index contributed by atoms with van der Waals surface area (Å²) in [6.45, 7) is 7.01. The quantitative estimate of drug-likeness (QED) is 0.838. The van der Waals surface area contributed by atoms with E-state index >= 15 is 0 Å². The molecule has 2 rings (SSSR count). The number of aromatic amines is 1. The molecule has 0 aromatic carbocycles. The van der Waals surface area contributed by atoms with E-state index in [-0.39, 0.29) is 5.56 Å². The number of nitrogens with one attached hydrogen (secondary N) is 2. The van der Waals surface area contributed by atoms with Crippen LogP contribution in [0, 0.1) is 6.92 Å². The minimum absolute atomic E-state index is 0.0672. The van der Waals surface area contributed by atoms with Gasteiger partial charge < -0.3 is 15.2 Å². The molecule has 5 heteroatoms. The molecular weight excluding hydrogens is 228 g/mol. The molecule has 2 heterocycles. The van der Waals surface area contributed by atoms with E-state index in [0.717, 1.165) is 31.9 Å². The number of aryl methyl sites for hydroxylation is 1. The zero-order chi connectivity index (χ0) is 13.0. The van der Waals surface area contributed by atoms with Crippen molar-refractivity contribution in [2.45, 2.75) is 39.2 Å². The second kappa shape index (κ2) is 6.00. The highest BCUT2D eigenvalue weighted by atomic mass is 16.1. The SMILES string of the molecule is CCCN(c1cc(=O)[nH]c(C)n1)C1CCCNC1. The molecule has 0 bridgehead atoms. The van der Waals surface area contributed by atoms with Crippen LogP contribution < -0.4 is 15.8 Å². The van der Waals surface area contributed by atoms with Crippen LogP contribution in [-0.4, -0.2) is 35.6 Å². The zero-order valence-corrected chi connectivity index (χ0v) is 11.2. The topological polar surface area (TPSA) is 61.0 Å². The van der Waals surface area contributed by atoms with E-state index in [9.17, 15) is 4.79 Å². The Balaban J connectivity index is 2.24. The first-order valence-corrected chi connectivity index (χ1v) is 6.76. The Morgan fingerprint density at radius 1 is 1.56 bits per heavy atom. The summed E-state index contributed by atoms with van der Waals surface area (Å²) < 4.78 is 0. The Hall–Kier alpha value is -1.36. The first kappa shape index (κ1) is 13.1.